The van der Waals surface area contributed by atoms with Crippen molar-refractivity contribution in [2.75, 3.05) is 32.3 Å². The molecule has 0 atom stereocenters. The molecule has 140 valence electrons. The van der Waals surface area contributed by atoms with Gasteiger partial charge in [-0.25, -0.2) is 0 Å². The van der Waals surface area contributed by atoms with Crippen LogP contribution in [0.1, 0.15) is 20.3 Å². The molecule has 0 bridgehead atoms. The number of benzene rings is 2. The zero-order chi connectivity index (χ0) is 18.8. The van der Waals surface area contributed by atoms with Gasteiger partial charge in [-0.15, -0.1) is 0 Å². The number of nitrogens with zero attached hydrogens (tertiary/aromatic N) is 1. The lowest BCUT2D eigenvalue weighted by atomic mass is 10.3. The average Bonchev–Trinajstić information content (AvgIpc) is 2.69. The summed E-state index contributed by atoms with van der Waals surface area (Å²) in [6.07, 6.45) is 0.903. The van der Waals surface area contributed by atoms with E-state index in [1.54, 1.807) is 0 Å². The average molecular weight is 372 g/mol. The number of carbonyl (C=O) groups excluding carboxylic acids is 1. The van der Waals surface area contributed by atoms with Gasteiger partial charge in [0, 0.05) is 17.2 Å². The molecule has 2 rings (SSSR count). The van der Waals surface area contributed by atoms with Crippen LogP contribution in [0.25, 0.3) is 0 Å². The van der Waals surface area contributed by atoms with Gasteiger partial charge < -0.3 is 14.8 Å². The van der Waals surface area contributed by atoms with Gasteiger partial charge in [0.25, 0.3) is 0 Å². The zero-order valence-electron chi connectivity index (χ0n) is 15.7. The molecular formula is C21H29N2O2P. The molecule has 0 fully saturated rings. The molecule has 0 aliphatic rings. The van der Waals surface area contributed by atoms with Crippen LogP contribution in [-0.2, 0) is 9.36 Å². The third-order valence-corrected chi connectivity index (χ3v) is 7.58. The van der Waals surface area contributed by atoms with E-state index in [1.807, 2.05) is 60.7 Å². The van der Waals surface area contributed by atoms with E-state index in [1.165, 1.54) is 0 Å². The molecule has 0 spiro atoms. The Morgan fingerprint density at radius 3 is 1.88 bits per heavy atom. The summed E-state index contributed by atoms with van der Waals surface area (Å²) in [5, 5.41) is 4.40. The van der Waals surface area contributed by atoms with Crippen molar-refractivity contribution in [1.29, 1.82) is 0 Å². The highest BCUT2D eigenvalue weighted by Crippen LogP contribution is 2.42. The van der Waals surface area contributed by atoms with Crippen LogP contribution < -0.4 is 15.9 Å². The number of nitrogens with one attached hydrogen (secondary N) is 1. The van der Waals surface area contributed by atoms with Crippen molar-refractivity contribution in [2.45, 2.75) is 20.3 Å². The molecule has 0 aliphatic heterocycles. The van der Waals surface area contributed by atoms with E-state index in [0.29, 0.717) is 6.54 Å². The third-order valence-electron chi connectivity index (χ3n) is 4.58. The Balaban J connectivity index is 2.04. The number of rotatable bonds is 10. The fourth-order valence-corrected chi connectivity index (χ4v) is 5.48. The zero-order valence-corrected chi connectivity index (χ0v) is 16.6. The molecule has 4 nitrogen and oxygen atoms in total. The van der Waals surface area contributed by atoms with Crippen LogP contribution in [-0.4, -0.2) is 43.1 Å². The van der Waals surface area contributed by atoms with Crippen LogP contribution >= 0.6 is 7.14 Å². The smallest absolute Gasteiger partial charge is 0.228 e. The molecule has 0 aliphatic carbocycles. The second-order valence-electron chi connectivity index (χ2n) is 6.30. The summed E-state index contributed by atoms with van der Waals surface area (Å²) in [4.78, 5) is 14.8. The minimum atomic E-state index is -2.98. The summed E-state index contributed by atoms with van der Waals surface area (Å²) < 4.78 is 13.8. The van der Waals surface area contributed by atoms with Crippen LogP contribution in [0.15, 0.2) is 60.7 Å². The van der Waals surface area contributed by atoms with Crippen molar-refractivity contribution < 1.29 is 9.36 Å². The lowest BCUT2D eigenvalue weighted by molar-refractivity contribution is -0.118. The maximum Gasteiger partial charge on any atom is 0.228 e. The van der Waals surface area contributed by atoms with Gasteiger partial charge in [0.2, 0.25) is 5.91 Å². The molecule has 0 saturated heterocycles. The minimum Gasteiger partial charge on any atom is -0.356 e. The van der Waals surface area contributed by atoms with Crippen LogP contribution in [0.5, 0.6) is 0 Å². The number of hydrogen-bond acceptors (Lipinski definition) is 3. The first kappa shape index (κ1) is 20.4. The van der Waals surface area contributed by atoms with Gasteiger partial charge in [-0.3, -0.25) is 4.79 Å². The predicted octanol–water partition coefficient (Wildman–Crippen LogP) is 2.85. The van der Waals surface area contributed by atoms with Crippen molar-refractivity contribution in [3.63, 3.8) is 0 Å². The summed E-state index contributed by atoms with van der Waals surface area (Å²) in [5.74, 6) is -0.152. The highest BCUT2D eigenvalue weighted by Gasteiger charge is 2.29. The number of hydrogen-bond donors (Lipinski definition) is 1. The topological polar surface area (TPSA) is 49.4 Å². The molecule has 0 unspecified atom stereocenters. The van der Waals surface area contributed by atoms with Gasteiger partial charge in [-0.2, -0.15) is 0 Å². The molecule has 0 saturated carbocycles. The van der Waals surface area contributed by atoms with Gasteiger partial charge >= 0.3 is 0 Å². The van der Waals surface area contributed by atoms with Gasteiger partial charge in [-0.05, 0) is 26.1 Å². The molecule has 0 aromatic heterocycles. The molecule has 1 amide bonds. The van der Waals surface area contributed by atoms with Gasteiger partial charge in [0.05, 0.1) is 6.16 Å². The summed E-state index contributed by atoms with van der Waals surface area (Å²) >= 11 is 0. The fraction of sp³-hybridized carbons (Fsp3) is 0.381. The van der Waals surface area contributed by atoms with Gasteiger partial charge in [-0.1, -0.05) is 74.5 Å². The Labute approximate surface area is 157 Å². The van der Waals surface area contributed by atoms with Crippen molar-refractivity contribution in [3.05, 3.63) is 60.7 Å². The largest absolute Gasteiger partial charge is 0.356 e. The molecular weight excluding hydrogens is 343 g/mol. The first-order valence-electron chi connectivity index (χ1n) is 9.29. The third kappa shape index (κ3) is 5.55. The molecule has 2 aromatic rings. The lowest BCUT2D eigenvalue weighted by Crippen LogP contribution is -2.33. The van der Waals surface area contributed by atoms with Crippen LogP contribution in [0, 0.1) is 0 Å². The molecule has 0 radical (unpaired) electrons. The Morgan fingerprint density at radius 1 is 0.923 bits per heavy atom. The molecule has 0 heterocycles. The van der Waals surface area contributed by atoms with E-state index in [4.69, 9.17) is 0 Å². The summed E-state index contributed by atoms with van der Waals surface area (Å²) in [6.45, 7) is 7.88. The van der Waals surface area contributed by atoms with Crippen LogP contribution in [0.3, 0.4) is 0 Å². The Kier molecular flexibility index (Phi) is 8.08. The van der Waals surface area contributed by atoms with E-state index >= 15 is 0 Å². The van der Waals surface area contributed by atoms with Crippen LogP contribution in [0.4, 0.5) is 0 Å². The van der Waals surface area contributed by atoms with Gasteiger partial charge in [0.15, 0.2) is 7.14 Å². The van der Waals surface area contributed by atoms with E-state index < -0.39 is 7.14 Å². The standard InChI is InChI=1S/C21H29N2O2P/c1-3-23(4-2)17-11-16-22-21(24)18-26(25,19-12-7-5-8-13-19)20-14-9-6-10-15-20/h5-10,12-15H,3-4,11,16-18H2,1-2H3,(H,22,24). The van der Waals surface area contributed by atoms with Crippen molar-refractivity contribution in [1.82, 2.24) is 10.2 Å². The van der Waals surface area contributed by atoms with E-state index in [2.05, 4.69) is 24.1 Å². The SMILES string of the molecule is CCN(CC)CCCNC(=O)CP(=O)(c1ccccc1)c1ccccc1. The lowest BCUT2D eigenvalue weighted by Gasteiger charge is -2.20. The molecule has 2 aromatic carbocycles. The first-order valence-corrected chi connectivity index (χ1v) is 11.2. The molecule has 26 heavy (non-hydrogen) atoms. The second-order valence-corrected chi connectivity index (χ2v) is 9.13. The Morgan fingerprint density at radius 2 is 1.42 bits per heavy atom. The van der Waals surface area contributed by atoms with Crippen molar-refractivity contribution >= 4 is 23.7 Å². The Hall–Kier alpha value is -1.90. The highest BCUT2D eigenvalue weighted by molar-refractivity contribution is 7.79. The van der Waals surface area contributed by atoms with E-state index in [0.717, 1.165) is 36.7 Å². The predicted molar refractivity (Wildman–Crippen MR) is 110 cm³/mol. The minimum absolute atomic E-state index is 0.00625. The van der Waals surface area contributed by atoms with Crippen molar-refractivity contribution in [2.24, 2.45) is 0 Å². The maximum atomic E-state index is 13.8. The summed E-state index contributed by atoms with van der Waals surface area (Å²) in [6, 6.07) is 18.7. The fourth-order valence-electron chi connectivity index (χ4n) is 3.00. The Bertz CT molecular complexity index is 672. The second kappa shape index (κ2) is 10.3. The molecule has 1 N–H and O–H groups in total. The number of carbonyl (C=O) groups is 1. The summed E-state index contributed by atoms with van der Waals surface area (Å²) in [7, 11) is -2.98. The van der Waals surface area contributed by atoms with Crippen LogP contribution in [0.2, 0.25) is 0 Å². The summed E-state index contributed by atoms with van der Waals surface area (Å²) in [5.41, 5.74) is 0. The monoisotopic (exact) mass is 372 g/mol. The van der Waals surface area contributed by atoms with E-state index in [-0.39, 0.29) is 12.1 Å². The highest BCUT2D eigenvalue weighted by atomic mass is 31.2. The van der Waals surface area contributed by atoms with E-state index in [9.17, 15) is 9.36 Å². The van der Waals surface area contributed by atoms with Crippen molar-refractivity contribution in [3.8, 4) is 0 Å². The maximum absolute atomic E-state index is 13.8. The normalized spacial score (nSPS) is 11.5. The number of amides is 1. The molecule has 5 heteroatoms. The quantitative estimate of drug-likeness (QED) is 0.515. The first-order chi connectivity index (χ1) is 12.6. The van der Waals surface area contributed by atoms with Gasteiger partial charge in [0.1, 0.15) is 0 Å².